The van der Waals surface area contributed by atoms with Gasteiger partial charge in [-0.05, 0) is 50.7 Å². The number of aromatic nitrogens is 1. The first-order chi connectivity index (χ1) is 15.1. The SMILES string of the molecule is C=C(N=C/C(=C\N)C(F)(F)F)NC[C@@H]1C[C@H]2C[C@H]2CN1C(=O)c1nc(C)ccc1OCC. The smallest absolute Gasteiger partial charge is 0.419 e. The van der Waals surface area contributed by atoms with Gasteiger partial charge in [0.15, 0.2) is 11.4 Å². The number of aryl methyl sites for hydroxylation is 1. The molecule has 1 aromatic rings. The van der Waals surface area contributed by atoms with Gasteiger partial charge in [-0.1, -0.05) is 6.58 Å². The molecular formula is C22H28F3N5O2. The van der Waals surface area contributed by atoms with E-state index in [2.05, 4.69) is 21.9 Å². The van der Waals surface area contributed by atoms with E-state index in [0.29, 0.717) is 55.4 Å². The quantitative estimate of drug-likeness (QED) is 0.593. The van der Waals surface area contributed by atoms with Crippen LogP contribution in [0.15, 0.2) is 41.3 Å². The number of amides is 1. The van der Waals surface area contributed by atoms with Crippen LogP contribution in [0.5, 0.6) is 5.75 Å². The number of fused-ring (bicyclic) bond motifs is 1. The number of likely N-dealkylation sites (tertiary alicyclic amines) is 1. The van der Waals surface area contributed by atoms with E-state index in [1.54, 1.807) is 17.0 Å². The number of carbonyl (C=O) groups is 1. The maximum absolute atomic E-state index is 13.4. The molecule has 2 fully saturated rings. The zero-order valence-corrected chi connectivity index (χ0v) is 18.2. The molecule has 10 heteroatoms. The van der Waals surface area contributed by atoms with Crippen LogP contribution in [0.25, 0.3) is 0 Å². The molecule has 1 aromatic heterocycles. The van der Waals surface area contributed by atoms with Gasteiger partial charge in [-0.3, -0.25) is 4.79 Å². The molecule has 3 N–H and O–H groups in total. The van der Waals surface area contributed by atoms with Crippen molar-refractivity contribution >= 4 is 12.1 Å². The third-order valence-corrected chi connectivity index (χ3v) is 5.68. The molecular weight excluding hydrogens is 423 g/mol. The number of halogens is 3. The van der Waals surface area contributed by atoms with E-state index in [-0.39, 0.29) is 23.5 Å². The van der Waals surface area contributed by atoms with Gasteiger partial charge in [0.1, 0.15) is 5.82 Å². The molecule has 0 spiro atoms. The zero-order chi connectivity index (χ0) is 23.5. The summed E-state index contributed by atoms with van der Waals surface area (Å²) in [6.45, 7) is 8.64. The first-order valence-electron chi connectivity index (χ1n) is 10.5. The second kappa shape index (κ2) is 9.62. The van der Waals surface area contributed by atoms with Crippen molar-refractivity contribution in [2.24, 2.45) is 22.6 Å². The second-order valence-corrected chi connectivity index (χ2v) is 8.04. The van der Waals surface area contributed by atoms with E-state index < -0.39 is 11.7 Å². The lowest BCUT2D eigenvalue weighted by Gasteiger charge is -2.35. The van der Waals surface area contributed by atoms with Crippen LogP contribution < -0.4 is 15.8 Å². The van der Waals surface area contributed by atoms with Crippen molar-refractivity contribution in [1.29, 1.82) is 0 Å². The molecule has 32 heavy (non-hydrogen) atoms. The number of ether oxygens (including phenoxy) is 1. The summed E-state index contributed by atoms with van der Waals surface area (Å²) in [6, 6.07) is 3.37. The summed E-state index contributed by atoms with van der Waals surface area (Å²) in [4.78, 5) is 23.3. The molecule has 1 aliphatic heterocycles. The van der Waals surface area contributed by atoms with Crippen LogP contribution >= 0.6 is 0 Å². The summed E-state index contributed by atoms with van der Waals surface area (Å²) in [5, 5.41) is 2.94. The maximum atomic E-state index is 13.4. The van der Waals surface area contributed by atoms with Gasteiger partial charge in [0.2, 0.25) is 0 Å². The van der Waals surface area contributed by atoms with Gasteiger partial charge in [-0.15, -0.1) is 0 Å². The van der Waals surface area contributed by atoms with Gasteiger partial charge in [0, 0.05) is 37.2 Å². The molecule has 2 heterocycles. The fraction of sp³-hybridized carbons (Fsp3) is 0.500. The number of alkyl halides is 3. The van der Waals surface area contributed by atoms with E-state index >= 15 is 0 Å². The number of hydrogen-bond acceptors (Lipinski definition) is 6. The predicted molar refractivity (Wildman–Crippen MR) is 115 cm³/mol. The van der Waals surface area contributed by atoms with Crippen LogP contribution in [0.1, 0.15) is 35.9 Å². The first-order valence-corrected chi connectivity index (χ1v) is 10.5. The van der Waals surface area contributed by atoms with Gasteiger partial charge >= 0.3 is 6.18 Å². The lowest BCUT2D eigenvalue weighted by Crippen LogP contribution is -2.49. The standard InChI is InChI=1S/C22H28F3N5O2/c1-4-32-19-6-5-13(2)29-20(19)21(31)30-12-16-7-15(16)8-18(30)11-28-14(3)27-10-17(9-26)22(23,24)25/h5-6,9-10,15-16,18,28H,3-4,7-8,11-12,26H2,1-2H3/b17-9+,27-10?/t15-,16+,18+/m1/s1. The largest absolute Gasteiger partial charge is 0.491 e. The minimum Gasteiger partial charge on any atom is -0.491 e. The molecule has 0 radical (unpaired) electrons. The molecule has 1 amide bonds. The van der Waals surface area contributed by atoms with Gasteiger partial charge in [0.25, 0.3) is 5.91 Å². The number of carbonyl (C=O) groups excluding carboxylic acids is 1. The molecule has 1 saturated carbocycles. The van der Waals surface area contributed by atoms with E-state index in [1.807, 2.05) is 13.8 Å². The lowest BCUT2D eigenvalue weighted by atomic mass is 10.0. The van der Waals surface area contributed by atoms with Crippen molar-refractivity contribution in [3.05, 3.63) is 47.7 Å². The summed E-state index contributed by atoms with van der Waals surface area (Å²) in [5.74, 6) is 1.31. The van der Waals surface area contributed by atoms with Gasteiger partial charge < -0.3 is 20.7 Å². The monoisotopic (exact) mass is 451 g/mol. The van der Waals surface area contributed by atoms with E-state index in [1.165, 1.54) is 0 Å². The highest BCUT2D eigenvalue weighted by atomic mass is 19.4. The van der Waals surface area contributed by atoms with Crippen molar-refractivity contribution in [2.45, 2.75) is 38.9 Å². The van der Waals surface area contributed by atoms with E-state index in [0.717, 1.165) is 12.8 Å². The summed E-state index contributed by atoms with van der Waals surface area (Å²) in [6.07, 6.45) is -1.65. The van der Waals surface area contributed by atoms with Crippen molar-refractivity contribution in [2.75, 3.05) is 19.7 Å². The highest BCUT2D eigenvalue weighted by molar-refractivity contribution is 5.95. The Morgan fingerprint density at radius 2 is 2.16 bits per heavy atom. The molecule has 0 aromatic carbocycles. The normalized spacial score (nSPS) is 23.1. The molecule has 0 unspecified atom stereocenters. The minimum atomic E-state index is -4.59. The Morgan fingerprint density at radius 3 is 2.81 bits per heavy atom. The fourth-order valence-corrected chi connectivity index (χ4v) is 3.89. The third kappa shape index (κ3) is 5.60. The maximum Gasteiger partial charge on any atom is 0.419 e. The lowest BCUT2D eigenvalue weighted by molar-refractivity contribution is -0.0857. The number of rotatable bonds is 8. The van der Waals surface area contributed by atoms with Crippen molar-refractivity contribution < 1.29 is 22.7 Å². The van der Waals surface area contributed by atoms with Gasteiger partial charge in [0.05, 0.1) is 12.2 Å². The molecule has 3 rings (SSSR count). The molecule has 3 atom stereocenters. The zero-order valence-electron chi connectivity index (χ0n) is 18.2. The number of nitrogens with zero attached hydrogens (tertiary/aromatic N) is 3. The van der Waals surface area contributed by atoms with Crippen LogP contribution in [0.2, 0.25) is 0 Å². The number of aliphatic imine (C=N–C) groups is 1. The van der Waals surface area contributed by atoms with Gasteiger partial charge in [-0.2, -0.15) is 13.2 Å². The third-order valence-electron chi connectivity index (χ3n) is 5.68. The Bertz CT molecular complexity index is 929. The summed E-state index contributed by atoms with van der Waals surface area (Å²) in [7, 11) is 0. The average Bonchev–Trinajstić information content (AvgIpc) is 3.50. The van der Waals surface area contributed by atoms with Crippen LogP contribution in [0.4, 0.5) is 13.2 Å². The molecule has 7 nitrogen and oxygen atoms in total. The van der Waals surface area contributed by atoms with Crippen molar-refractivity contribution in [1.82, 2.24) is 15.2 Å². The summed E-state index contributed by atoms with van der Waals surface area (Å²) < 4.78 is 43.9. The topological polar surface area (TPSA) is 92.8 Å². The first kappa shape index (κ1) is 23.6. The van der Waals surface area contributed by atoms with E-state index in [9.17, 15) is 18.0 Å². The van der Waals surface area contributed by atoms with Crippen molar-refractivity contribution in [3.8, 4) is 5.75 Å². The summed E-state index contributed by atoms with van der Waals surface area (Å²) in [5.41, 5.74) is 4.94. The highest BCUT2D eigenvalue weighted by Crippen LogP contribution is 2.47. The Balaban J connectivity index is 1.70. The fourth-order valence-electron chi connectivity index (χ4n) is 3.89. The molecule has 174 valence electrons. The van der Waals surface area contributed by atoms with Gasteiger partial charge in [-0.25, -0.2) is 9.98 Å². The van der Waals surface area contributed by atoms with Crippen LogP contribution in [-0.4, -0.2) is 53.9 Å². The number of piperidine rings is 1. The van der Waals surface area contributed by atoms with Crippen LogP contribution in [-0.2, 0) is 0 Å². The number of hydrogen-bond donors (Lipinski definition) is 2. The Labute approximate surface area is 185 Å². The Kier molecular flexibility index (Phi) is 7.10. The number of nitrogens with one attached hydrogen (secondary N) is 1. The Morgan fingerprint density at radius 1 is 1.41 bits per heavy atom. The predicted octanol–water partition coefficient (Wildman–Crippen LogP) is 3.18. The van der Waals surface area contributed by atoms with E-state index in [4.69, 9.17) is 10.5 Å². The van der Waals surface area contributed by atoms with Crippen molar-refractivity contribution in [3.63, 3.8) is 0 Å². The number of nitrogens with two attached hydrogens (primary N) is 1. The minimum absolute atomic E-state index is 0.0580. The molecule has 1 aliphatic carbocycles. The molecule has 1 saturated heterocycles. The highest BCUT2D eigenvalue weighted by Gasteiger charge is 2.47. The molecule has 2 aliphatic rings. The molecule has 0 bridgehead atoms. The number of pyridine rings is 1. The van der Waals surface area contributed by atoms with Crippen LogP contribution in [0, 0.1) is 18.8 Å². The average molecular weight is 451 g/mol. The second-order valence-electron chi connectivity index (χ2n) is 8.04. The Hall–Kier alpha value is -3.04. The summed E-state index contributed by atoms with van der Waals surface area (Å²) >= 11 is 0. The number of allylic oxidation sites excluding steroid dienone is 1. The van der Waals surface area contributed by atoms with Crippen LogP contribution in [0.3, 0.4) is 0 Å².